The Bertz CT molecular complexity index is 1320. The smallest absolute Gasteiger partial charge is 0.260 e. The molecular formula is C27H37ClN4O4S2. The van der Waals surface area contributed by atoms with Gasteiger partial charge in [-0.2, -0.15) is 4.31 Å². The predicted octanol–water partition coefficient (Wildman–Crippen LogP) is 5.76. The number of rotatable bonds is 14. The number of nitrogens with zero attached hydrogens (tertiary/aromatic N) is 4. The van der Waals surface area contributed by atoms with Crippen molar-refractivity contribution in [3.8, 4) is 5.75 Å². The summed E-state index contributed by atoms with van der Waals surface area (Å²) in [5.41, 5.74) is 0.983. The van der Waals surface area contributed by atoms with Crippen LogP contribution in [0, 0.1) is 0 Å². The number of halogens is 1. The van der Waals surface area contributed by atoms with E-state index in [1.165, 1.54) is 23.5 Å². The van der Waals surface area contributed by atoms with E-state index in [4.69, 9.17) is 21.3 Å². The molecule has 0 saturated carbocycles. The number of unbranched alkanes of at least 4 members (excludes halogenated alkanes) is 2. The van der Waals surface area contributed by atoms with Crippen molar-refractivity contribution in [3.05, 3.63) is 47.0 Å². The molecule has 3 aromatic rings. The van der Waals surface area contributed by atoms with Crippen molar-refractivity contribution in [2.45, 2.75) is 44.4 Å². The van der Waals surface area contributed by atoms with Crippen LogP contribution in [0.3, 0.4) is 0 Å². The molecule has 3 rings (SSSR count). The number of hydrogen-bond donors (Lipinski definition) is 0. The van der Waals surface area contributed by atoms with Gasteiger partial charge in [0.2, 0.25) is 10.0 Å². The van der Waals surface area contributed by atoms with Gasteiger partial charge in [0.1, 0.15) is 11.3 Å². The minimum atomic E-state index is -3.65. The number of carbonyl (C=O) groups excluding carboxylic acids is 1. The molecule has 0 N–H and O–H groups in total. The Morgan fingerprint density at radius 2 is 1.61 bits per heavy atom. The first kappa shape index (κ1) is 30.3. The predicted molar refractivity (Wildman–Crippen MR) is 156 cm³/mol. The zero-order valence-electron chi connectivity index (χ0n) is 22.7. The Morgan fingerprint density at radius 1 is 0.974 bits per heavy atom. The molecule has 1 aromatic heterocycles. The van der Waals surface area contributed by atoms with Crippen LogP contribution in [-0.4, -0.2) is 75.9 Å². The summed E-state index contributed by atoms with van der Waals surface area (Å²) in [5.74, 6) is 0.316. The summed E-state index contributed by atoms with van der Waals surface area (Å²) in [6.45, 7) is 6.07. The highest BCUT2D eigenvalue weighted by Gasteiger charge is 2.26. The molecular weight excluding hydrogens is 544 g/mol. The van der Waals surface area contributed by atoms with E-state index in [9.17, 15) is 13.2 Å². The quantitative estimate of drug-likeness (QED) is 0.241. The number of anilines is 1. The van der Waals surface area contributed by atoms with Crippen molar-refractivity contribution in [3.63, 3.8) is 0 Å². The van der Waals surface area contributed by atoms with Gasteiger partial charge in [-0.1, -0.05) is 49.6 Å². The van der Waals surface area contributed by atoms with Gasteiger partial charge in [-0.25, -0.2) is 13.4 Å². The Labute approximate surface area is 235 Å². The SMILES string of the molecule is CCCCN(CCCC)S(=O)(=O)c1ccc(C(=O)N(CCN(C)C)c2nc3c(OC)ccc(Cl)c3s2)cc1. The first-order chi connectivity index (χ1) is 18.1. The van der Waals surface area contributed by atoms with E-state index >= 15 is 0 Å². The summed E-state index contributed by atoms with van der Waals surface area (Å²) in [6, 6.07) is 9.71. The van der Waals surface area contributed by atoms with Crippen molar-refractivity contribution in [2.75, 3.05) is 52.3 Å². The summed E-state index contributed by atoms with van der Waals surface area (Å²) in [7, 11) is 1.79. The molecule has 0 bridgehead atoms. The average Bonchev–Trinajstić information content (AvgIpc) is 3.35. The van der Waals surface area contributed by atoms with E-state index in [1.807, 2.05) is 32.8 Å². The van der Waals surface area contributed by atoms with Crippen LogP contribution in [0.5, 0.6) is 5.75 Å². The fourth-order valence-corrected chi connectivity index (χ4v) is 6.70. The molecule has 2 aromatic carbocycles. The maximum Gasteiger partial charge on any atom is 0.260 e. The number of thiazole rings is 1. The number of methoxy groups -OCH3 is 1. The van der Waals surface area contributed by atoms with Crippen LogP contribution in [0.4, 0.5) is 5.13 Å². The normalized spacial score (nSPS) is 12.0. The Hall–Kier alpha value is -2.24. The Morgan fingerprint density at radius 3 is 2.16 bits per heavy atom. The highest BCUT2D eigenvalue weighted by Crippen LogP contribution is 2.39. The molecule has 0 aliphatic heterocycles. The number of ether oxygens (including phenoxy) is 1. The molecule has 0 aliphatic rings. The highest BCUT2D eigenvalue weighted by molar-refractivity contribution is 7.89. The first-order valence-corrected chi connectivity index (χ1v) is 15.5. The van der Waals surface area contributed by atoms with Gasteiger partial charge in [-0.3, -0.25) is 9.69 Å². The van der Waals surface area contributed by atoms with Crippen molar-refractivity contribution >= 4 is 54.2 Å². The molecule has 0 saturated heterocycles. The first-order valence-electron chi connectivity index (χ1n) is 12.8. The van der Waals surface area contributed by atoms with E-state index in [1.54, 1.807) is 40.6 Å². The van der Waals surface area contributed by atoms with Gasteiger partial charge >= 0.3 is 0 Å². The van der Waals surface area contributed by atoms with Crippen LogP contribution in [0.25, 0.3) is 10.2 Å². The molecule has 0 radical (unpaired) electrons. The minimum absolute atomic E-state index is 0.192. The molecule has 0 atom stereocenters. The van der Waals surface area contributed by atoms with Crippen LogP contribution in [0.1, 0.15) is 49.9 Å². The Balaban J connectivity index is 1.94. The number of aromatic nitrogens is 1. The van der Waals surface area contributed by atoms with Gasteiger partial charge in [0, 0.05) is 31.7 Å². The second-order valence-electron chi connectivity index (χ2n) is 9.32. The van der Waals surface area contributed by atoms with Crippen molar-refractivity contribution < 1.29 is 17.9 Å². The third-order valence-corrected chi connectivity index (χ3v) is 9.63. The summed E-state index contributed by atoms with van der Waals surface area (Å²) in [5, 5.41) is 1.04. The van der Waals surface area contributed by atoms with Gasteiger partial charge in [-0.05, 0) is 63.3 Å². The topological polar surface area (TPSA) is 83.1 Å². The number of benzene rings is 2. The second kappa shape index (κ2) is 13.7. The monoisotopic (exact) mass is 580 g/mol. The maximum atomic E-state index is 13.7. The summed E-state index contributed by atoms with van der Waals surface area (Å²) >= 11 is 7.74. The van der Waals surface area contributed by atoms with Crippen molar-refractivity contribution in [1.29, 1.82) is 0 Å². The molecule has 8 nitrogen and oxygen atoms in total. The van der Waals surface area contributed by atoms with Crippen LogP contribution in [0.2, 0.25) is 5.02 Å². The number of sulfonamides is 1. The molecule has 11 heteroatoms. The maximum absolute atomic E-state index is 13.7. The molecule has 0 aliphatic carbocycles. The number of hydrogen-bond acceptors (Lipinski definition) is 7. The molecule has 1 heterocycles. The molecule has 0 unspecified atom stereocenters. The summed E-state index contributed by atoms with van der Waals surface area (Å²) in [4.78, 5) is 22.2. The zero-order chi connectivity index (χ0) is 27.9. The van der Waals surface area contributed by atoms with Gasteiger partial charge in [0.15, 0.2) is 5.13 Å². The zero-order valence-corrected chi connectivity index (χ0v) is 25.1. The Kier molecular flexibility index (Phi) is 10.9. The molecule has 1 amide bonds. The third-order valence-electron chi connectivity index (χ3n) is 6.18. The van der Waals surface area contributed by atoms with Gasteiger partial charge in [0.25, 0.3) is 5.91 Å². The average molecular weight is 581 g/mol. The fourth-order valence-electron chi connectivity index (χ4n) is 3.90. The van der Waals surface area contributed by atoms with E-state index in [0.29, 0.717) is 53.2 Å². The van der Waals surface area contributed by atoms with Crippen LogP contribution in [0.15, 0.2) is 41.3 Å². The van der Waals surface area contributed by atoms with Crippen LogP contribution < -0.4 is 9.64 Å². The van der Waals surface area contributed by atoms with E-state index < -0.39 is 10.0 Å². The molecule has 0 spiro atoms. The molecule has 0 fully saturated rings. The number of carbonyl (C=O) groups is 1. The van der Waals surface area contributed by atoms with Crippen molar-refractivity contribution in [1.82, 2.24) is 14.2 Å². The van der Waals surface area contributed by atoms with Gasteiger partial charge in [0.05, 0.1) is 21.7 Å². The largest absolute Gasteiger partial charge is 0.494 e. The molecule has 38 heavy (non-hydrogen) atoms. The van der Waals surface area contributed by atoms with Gasteiger partial charge < -0.3 is 9.64 Å². The summed E-state index contributed by atoms with van der Waals surface area (Å²) in [6.07, 6.45) is 3.43. The second-order valence-corrected chi connectivity index (χ2v) is 12.6. The number of fused-ring (bicyclic) bond motifs is 1. The van der Waals surface area contributed by atoms with Crippen LogP contribution >= 0.6 is 22.9 Å². The highest BCUT2D eigenvalue weighted by atomic mass is 35.5. The lowest BCUT2D eigenvalue weighted by atomic mass is 10.2. The minimum Gasteiger partial charge on any atom is -0.494 e. The molecule has 208 valence electrons. The van der Waals surface area contributed by atoms with E-state index in [-0.39, 0.29) is 10.8 Å². The lowest BCUT2D eigenvalue weighted by Gasteiger charge is -2.23. The summed E-state index contributed by atoms with van der Waals surface area (Å²) < 4.78 is 34.4. The lowest BCUT2D eigenvalue weighted by molar-refractivity contribution is 0.0985. The number of amides is 1. The van der Waals surface area contributed by atoms with Gasteiger partial charge in [-0.15, -0.1) is 0 Å². The third kappa shape index (κ3) is 7.04. The van der Waals surface area contributed by atoms with E-state index in [2.05, 4.69) is 0 Å². The lowest BCUT2D eigenvalue weighted by Crippen LogP contribution is -2.37. The fraction of sp³-hybridized carbons (Fsp3) is 0.481. The van der Waals surface area contributed by atoms with Crippen LogP contribution in [-0.2, 0) is 10.0 Å². The standard InChI is InChI=1S/C27H37ClN4O4S2/c1-6-8-16-31(17-9-7-2)38(34,35)21-12-10-20(11-13-21)26(33)32(19-18-30(3)4)27-29-24-23(36-5)15-14-22(28)25(24)37-27/h10-15H,6-9,16-19H2,1-5H3. The number of likely N-dealkylation sites (N-methyl/N-ethyl adjacent to an activating group) is 1. The van der Waals surface area contributed by atoms with E-state index in [0.717, 1.165) is 30.4 Å². The van der Waals surface area contributed by atoms with Crippen molar-refractivity contribution in [2.24, 2.45) is 0 Å².